The molecule has 0 spiro atoms. The fraction of sp³-hybridized carbons (Fsp3) is 0.300. The molecule has 3 aromatic carbocycles. The zero-order valence-corrected chi connectivity index (χ0v) is 23.9. The molecule has 0 saturated carbocycles. The van der Waals surface area contributed by atoms with E-state index in [0.29, 0.717) is 50.3 Å². The smallest absolute Gasteiger partial charge is 0.414 e. The van der Waals surface area contributed by atoms with E-state index < -0.39 is 22.0 Å². The second-order valence-corrected chi connectivity index (χ2v) is 11.5. The number of carbonyl (C=O) groups excluding carboxylic acids is 1. The Bertz CT molecular complexity index is 1430. The van der Waals surface area contributed by atoms with E-state index in [9.17, 15) is 17.6 Å². The van der Waals surface area contributed by atoms with Gasteiger partial charge >= 0.3 is 11.9 Å². The number of ketones is 1. The zero-order chi connectivity index (χ0) is 30.7. The monoisotopic (exact) mass is 600 g/mol. The van der Waals surface area contributed by atoms with Crippen LogP contribution in [0.25, 0.3) is 0 Å². The highest BCUT2D eigenvalue weighted by molar-refractivity contribution is 7.89. The third-order valence-corrected chi connectivity index (χ3v) is 8.69. The van der Waals surface area contributed by atoms with Crippen LogP contribution in [-0.4, -0.2) is 78.8 Å². The van der Waals surface area contributed by atoms with Crippen LogP contribution in [0.1, 0.15) is 28.8 Å². The molecule has 1 saturated heterocycles. The Balaban J connectivity index is 0.000000730. The van der Waals surface area contributed by atoms with Crippen LogP contribution >= 0.6 is 0 Å². The molecule has 0 amide bonds. The fourth-order valence-electron chi connectivity index (χ4n) is 4.49. The van der Waals surface area contributed by atoms with Crippen molar-refractivity contribution < 1.29 is 42.1 Å². The number of piperidine rings is 1. The lowest BCUT2D eigenvalue weighted by Crippen LogP contribution is -2.42. The molecule has 12 heteroatoms. The van der Waals surface area contributed by atoms with Gasteiger partial charge < -0.3 is 19.8 Å². The van der Waals surface area contributed by atoms with Gasteiger partial charge in [0.1, 0.15) is 11.6 Å². The standard InChI is InChI=1S/C28H31FN2O4S.C2H2O4/c1-35-26-11-13-27(14-12-26)36(33,34)31(21-22-5-3-2-4-6-22)20-19-30-17-15-24(16-18-30)28(32)23-7-9-25(29)10-8-23;3-1(4)2(5)6/h2-14,24H,15-21H2,1H3;(H,3,4)(H,5,6). The lowest BCUT2D eigenvalue weighted by molar-refractivity contribution is -0.159. The predicted octanol–water partition coefficient (Wildman–Crippen LogP) is 3.78. The Morgan fingerprint density at radius 1 is 0.905 bits per heavy atom. The number of sulfonamides is 1. The second kappa shape index (κ2) is 15.2. The number of aliphatic carboxylic acids is 2. The minimum atomic E-state index is -3.72. The van der Waals surface area contributed by atoms with Crippen LogP contribution in [0.15, 0.2) is 83.8 Å². The van der Waals surface area contributed by atoms with Gasteiger partial charge in [0.2, 0.25) is 10.0 Å². The normalized spacial score (nSPS) is 14.1. The minimum absolute atomic E-state index is 0.0439. The van der Waals surface area contributed by atoms with Gasteiger partial charge in [-0.15, -0.1) is 0 Å². The summed E-state index contributed by atoms with van der Waals surface area (Å²) in [5, 5.41) is 14.8. The molecule has 1 aliphatic rings. The van der Waals surface area contributed by atoms with Crippen molar-refractivity contribution in [3.8, 4) is 5.75 Å². The maximum Gasteiger partial charge on any atom is 0.414 e. The summed E-state index contributed by atoms with van der Waals surface area (Å²) in [6.07, 6.45) is 1.39. The van der Waals surface area contributed by atoms with E-state index in [1.165, 1.54) is 28.6 Å². The van der Waals surface area contributed by atoms with Crippen LogP contribution in [0.4, 0.5) is 4.39 Å². The molecule has 4 rings (SSSR count). The van der Waals surface area contributed by atoms with Gasteiger partial charge in [-0.05, 0) is 80.0 Å². The van der Waals surface area contributed by atoms with Crippen molar-refractivity contribution in [2.75, 3.05) is 33.3 Å². The summed E-state index contributed by atoms with van der Waals surface area (Å²) >= 11 is 0. The van der Waals surface area contributed by atoms with Gasteiger partial charge in [0.05, 0.1) is 12.0 Å². The molecule has 10 nitrogen and oxygen atoms in total. The highest BCUT2D eigenvalue weighted by Crippen LogP contribution is 2.24. The van der Waals surface area contributed by atoms with E-state index in [1.54, 1.807) is 31.4 Å². The van der Waals surface area contributed by atoms with Gasteiger partial charge in [0.15, 0.2) is 5.78 Å². The number of benzene rings is 3. The van der Waals surface area contributed by atoms with E-state index in [2.05, 4.69) is 4.90 Å². The highest BCUT2D eigenvalue weighted by atomic mass is 32.2. The Morgan fingerprint density at radius 3 is 2.00 bits per heavy atom. The lowest BCUT2D eigenvalue weighted by atomic mass is 9.89. The van der Waals surface area contributed by atoms with Gasteiger partial charge in [-0.3, -0.25) is 4.79 Å². The first-order valence-corrected chi connectivity index (χ1v) is 14.6. The molecular formula is C30H33FN2O8S. The van der Waals surface area contributed by atoms with Crippen molar-refractivity contribution in [2.45, 2.75) is 24.3 Å². The number of likely N-dealkylation sites (tertiary alicyclic amines) is 1. The van der Waals surface area contributed by atoms with E-state index in [-0.39, 0.29) is 29.0 Å². The SMILES string of the molecule is COc1ccc(S(=O)(=O)N(CCN2CCC(C(=O)c3ccc(F)cc3)CC2)Cc2ccccc2)cc1.O=C(O)C(=O)O. The average Bonchev–Trinajstić information content (AvgIpc) is 3.00. The number of hydrogen-bond donors (Lipinski definition) is 2. The van der Waals surface area contributed by atoms with Crippen molar-refractivity contribution in [1.29, 1.82) is 0 Å². The molecule has 0 radical (unpaired) electrons. The number of hydrogen-bond acceptors (Lipinski definition) is 7. The van der Waals surface area contributed by atoms with Crippen LogP contribution < -0.4 is 4.74 Å². The molecule has 0 aliphatic carbocycles. The number of Topliss-reactive ketones (excluding diaryl/α,β-unsaturated/α-hetero) is 1. The Labute approximate surface area is 244 Å². The topological polar surface area (TPSA) is 142 Å². The third kappa shape index (κ3) is 9.20. The molecule has 1 fully saturated rings. The van der Waals surface area contributed by atoms with Crippen molar-refractivity contribution >= 4 is 27.7 Å². The molecule has 3 aromatic rings. The van der Waals surface area contributed by atoms with Crippen LogP contribution in [0, 0.1) is 11.7 Å². The molecular weight excluding hydrogens is 567 g/mol. The largest absolute Gasteiger partial charge is 0.497 e. The summed E-state index contributed by atoms with van der Waals surface area (Å²) in [7, 11) is -2.18. The Hall–Kier alpha value is -4.13. The number of carbonyl (C=O) groups is 3. The molecule has 0 unspecified atom stereocenters. The molecule has 0 bridgehead atoms. The second-order valence-electron chi connectivity index (χ2n) is 9.60. The van der Waals surface area contributed by atoms with Crippen molar-refractivity contribution in [3.05, 3.63) is 95.8 Å². The molecule has 42 heavy (non-hydrogen) atoms. The highest BCUT2D eigenvalue weighted by Gasteiger charge is 2.28. The van der Waals surface area contributed by atoms with Crippen LogP contribution in [-0.2, 0) is 26.2 Å². The maximum atomic E-state index is 13.5. The van der Waals surface area contributed by atoms with Gasteiger partial charge in [0.25, 0.3) is 0 Å². The summed E-state index contributed by atoms with van der Waals surface area (Å²) in [5.74, 6) is -3.46. The minimum Gasteiger partial charge on any atom is -0.497 e. The quantitative estimate of drug-likeness (QED) is 0.263. The Morgan fingerprint density at radius 2 is 1.48 bits per heavy atom. The van der Waals surface area contributed by atoms with E-state index in [1.807, 2.05) is 30.3 Å². The van der Waals surface area contributed by atoms with E-state index in [4.69, 9.17) is 24.5 Å². The van der Waals surface area contributed by atoms with Crippen LogP contribution in [0.5, 0.6) is 5.75 Å². The number of carboxylic acid groups (broad SMARTS) is 2. The molecule has 0 aromatic heterocycles. The van der Waals surface area contributed by atoms with Crippen molar-refractivity contribution in [1.82, 2.24) is 9.21 Å². The summed E-state index contributed by atoms with van der Waals surface area (Å²) in [5.41, 5.74) is 1.45. The number of rotatable bonds is 10. The lowest BCUT2D eigenvalue weighted by Gasteiger charge is -2.33. The average molecular weight is 601 g/mol. The Kier molecular flexibility index (Phi) is 11.7. The summed E-state index contributed by atoms with van der Waals surface area (Å²) in [6, 6.07) is 21.7. The number of nitrogens with zero attached hydrogens (tertiary/aromatic N) is 2. The zero-order valence-electron chi connectivity index (χ0n) is 23.1. The van der Waals surface area contributed by atoms with Crippen LogP contribution in [0.3, 0.4) is 0 Å². The number of methoxy groups -OCH3 is 1. The molecule has 224 valence electrons. The van der Waals surface area contributed by atoms with Gasteiger partial charge in [-0.25, -0.2) is 22.4 Å². The van der Waals surface area contributed by atoms with Gasteiger partial charge in [0, 0.05) is 31.1 Å². The number of ether oxygens (including phenoxy) is 1. The molecule has 0 atom stereocenters. The first-order chi connectivity index (χ1) is 20.0. The number of halogens is 1. The third-order valence-electron chi connectivity index (χ3n) is 6.83. The summed E-state index contributed by atoms with van der Waals surface area (Å²) < 4.78 is 46.9. The first-order valence-electron chi connectivity index (χ1n) is 13.2. The molecule has 1 heterocycles. The van der Waals surface area contributed by atoms with Crippen LogP contribution in [0.2, 0.25) is 0 Å². The van der Waals surface area contributed by atoms with Crippen molar-refractivity contribution in [3.63, 3.8) is 0 Å². The maximum absolute atomic E-state index is 13.5. The van der Waals surface area contributed by atoms with E-state index in [0.717, 1.165) is 5.56 Å². The van der Waals surface area contributed by atoms with Gasteiger partial charge in [-0.2, -0.15) is 4.31 Å². The number of carboxylic acids is 2. The molecule has 1 aliphatic heterocycles. The molecule has 2 N–H and O–H groups in total. The first kappa shape index (κ1) is 32.4. The van der Waals surface area contributed by atoms with E-state index >= 15 is 0 Å². The fourth-order valence-corrected chi connectivity index (χ4v) is 5.91. The summed E-state index contributed by atoms with van der Waals surface area (Å²) in [6.45, 7) is 2.59. The van der Waals surface area contributed by atoms with Crippen molar-refractivity contribution in [2.24, 2.45) is 5.92 Å². The van der Waals surface area contributed by atoms with Gasteiger partial charge in [-0.1, -0.05) is 30.3 Å². The predicted molar refractivity (Wildman–Crippen MR) is 152 cm³/mol. The summed E-state index contributed by atoms with van der Waals surface area (Å²) in [4.78, 5) is 33.4.